The topological polar surface area (TPSA) is 108 Å². The Bertz CT molecular complexity index is 1180. The van der Waals surface area contributed by atoms with Gasteiger partial charge < -0.3 is 15.4 Å². The Morgan fingerprint density at radius 2 is 1.77 bits per heavy atom. The van der Waals surface area contributed by atoms with Crippen LogP contribution in [0.15, 0.2) is 53.3 Å². The monoisotopic (exact) mass is 406 g/mol. The van der Waals surface area contributed by atoms with Gasteiger partial charge in [0.1, 0.15) is 5.75 Å². The SMILES string of the molecule is COc1cccc(-n2nc(C(=O)N3CCC(C(N)=O)CC3)c3ccccc3c2=O)c1. The fourth-order valence-electron chi connectivity index (χ4n) is 3.78. The third-order valence-corrected chi connectivity index (χ3v) is 5.49. The van der Waals surface area contributed by atoms with E-state index in [4.69, 9.17) is 10.5 Å². The van der Waals surface area contributed by atoms with Crippen molar-refractivity contribution in [3.8, 4) is 11.4 Å². The van der Waals surface area contributed by atoms with Crippen LogP contribution in [0, 0.1) is 5.92 Å². The number of primary amides is 1. The Morgan fingerprint density at radius 3 is 2.43 bits per heavy atom. The number of ether oxygens (including phenoxy) is 1. The molecule has 8 nitrogen and oxygen atoms in total. The van der Waals surface area contributed by atoms with Crippen molar-refractivity contribution in [1.29, 1.82) is 0 Å². The maximum atomic E-state index is 13.3. The lowest BCUT2D eigenvalue weighted by Crippen LogP contribution is -2.42. The smallest absolute Gasteiger partial charge is 0.279 e. The summed E-state index contributed by atoms with van der Waals surface area (Å²) in [6.07, 6.45) is 1.04. The Morgan fingerprint density at radius 1 is 1.07 bits per heavy atom. The number of fused-ring (bicyclic) bond motifs is 1. The number of nitrogens with two attached hydrogens (primary N) is 1. The molecule has 8 heteroatoms. The molecule has 0 bridgehead atoms. The predicted octanol–water partition coefficient (Wildman–Crippen LogP) is 1.73. The van der Waals surface area contributed by atoms with Crippen LogP contribution in [-0.2, 0) is 4.79 Å². The average Bonchev–Trinajstić information content (AvgIpc) is 2.79. The molecule has 2 heterocycles. The lowest BCUT2D eigenvalue weighted by Gasteiger charge is -2.30. The number of piperidine rings is 1. The van der Waals surface area contributed by atoms with Crippen molar-refractivity contribution in [2.75, 3.05) is 20.2 Å². The van der Waals surface area contributed by atoms with E-state index in [1.54, 1.807) is 60.5 Å². The van der Waals surface area contributed by atoms with Crippen LogP contribution in [-0.4, -0.2) is 46.7 Å². The van der Waals surface area contributed by atoms with Crippen molar-refractivity contribution >= 4 is 22.6 Å². The summed E-state index contributed by atoms with van der Waals surface area (Å²) in [5.41, 5.74) is 5.78. The van der Waals surface area contributed by atoms with Crippen molar-refractivity contribution in [2.45, 2.75) is 12.8 Å². The highest BCUT2D eigenvalue weighted by Gasteiger charge is 2.29. The van der Waals surface area contributed by atoms with Gasteiger partial charge >= 0.3 is 0 Å². The highest BCUT2D eigenvalue weighted by Crippen LogP contribution is 2.22. The lowest BCUT2D eigenvalue weighted by atomic mass is 9.96. The van der Waals surface area contributed by atoms with E-state index in [2.05, 4.69) is 5.10 Å². The first kappa shape index (κ1) is 19.6. The molecule has 3 aromatic rings. The third-order valence-electron chi connectivity index (χ3n) is 5.49. The van der Waals surface area contributed by atoms with Crippen LogP contribution >= 0.6 is 0 Å². The average molecular weight is 406 g/mol. The van der Waals surface area contributed by atoms with E-state index < -0.39 is 0 Å². The molecule has 0 aliphatic carbocycles. The van der Waals surface area contributed by atoms with Gasteiger partial charge in [-0.05, 0) is 31.0 Å². The fraction of sp³-hybridized carbons (Fsp3) is 0.273. The van der Waals surface area contributed by atoms with Gasteiger partial charge in [-0.25, -0.2) is 0 Å². The normalized spacial score (nSPS) is 14.6. The predicted molar refractivity (Wildman–Crippen MR) is 112 cm³/mol. The van der Waals surface area contributed by atoms with Crippen LogP contribution in [0.25, 0.3) is 16.5 Å². The molecule has 1 saturated heterocycles. The summed E-state index contributed by atoms with van der Waals surface area (Å²) >= 11 is 0. The number of carbonyl (C=O) groups is 2. The maximum Gasteiger partial charge on any atom is 0.279 e. The molecule has 0 atom stereocenters. The van der Waals surface area contributed by atoms with Crippen LogP contribution in [0.3, 0.4) is 0 Å². The number of carbonyl (C=O) groups excluding carboxylic acids is 2. The zero-order chi connectivity index (χ0) is 21.3. The molecule has 0 unspecified atom stereocenters. The number of nitrogens with zero attached hydrogens (tertiary/aromatic N) is 3. The highest BCUT2D eigenvalue weighted by atomic mass is 16.5. The third kappa shape index (κ3) is 3.52. The van der Waals surface area contributed by atoms with E-state index in [-0.39, 0.29) is 29.0 Å². The zero-order valence-electron chi connectivity index (χ0n) is 16.6. The lowest BCUT2D eigenvalue weighted by molar-refractivity contribution is -0.123. The van der Waals surface area contributed by atoms with Gasteiger partial charge in [-0.2, -0.15) is 9.78 Å². The van der Waals surface area contributed by atoms with Gasteiger partial charge in [0.05, 0.1) is 18.2 Å². The van der Waals surface area contributed by atoms with Gasteiger partial charge in [0.15, 0.2) is 5.69 Å². The number of hydrogen-bond acceptors (Lipinski definition) is 5. The van der Waals surface area contributed by atoms with E-state index in [0.717, 1.165) is 0 Å². The molecule has 1 aromatic heterocycles. The Balaban J connectivity index is 1.80. The number of likely N-dealkylation sites (tertiary alicyclic amines) is 1. The Kier molecular flexibility index (Phi) is 5.22. The first-order valence-corrected chi connectivity index (χ1v) is 9.74. The standard InChI is InChI=1S/C22H22N4O4/c1-30-16-6-4-5-15(13-16)26-21(28)18-8-3-2-7-17(18)19(24-26)22(29)25-11-9-14(10-12-25)20(23)27/h2-8,13-14H,9-12H2,1H3,(H2,23,27). The molecule has 0 radical (unpaired) electrons. The summed E-state index contributed by atoms with van der Waals surface area (Å²) in [6, 6.07) is 13.9. The van der Waals surface area contributed by atoms with Crippen molar-refractivity contribution in [1.82, 2.24) is 14.7 Å². The molecule has 0 spiro atoms. The van der Waals surface area contributed by atoms with Gasteiger partial charge in [0.25, 0.3) is 11.5 Å². The van der Waals surface area contributed by atoms with Crippen LogP contribution in [0.4, 0.5) is 0 Å². The van der Waals surface area contributed by atoms with Crippen molar-refractivity contribution < 1.29 is 14.3 Å². The second-order valence-electron chi connectivity index (χ2n) is 7.28. The molecular formula is C22H22N4O4. The number of benzene rings is 2. The van der Waals surface area contributed by atoms with E-state index in [1.165, 1.54) is 4.68 Å². The Hall–Kier alpha value is -3.68. The maximum absolute atomic E-state index is 13.3. The van der Waals surface area contributed by atoms with E-state index in [1.807, 2.05) is 0 Å². The molecule has 30 heavy (non-hydrogen) atoms. The highest BCUT2D eigenvalue weighted by molar-refractivity contribution is 6.05. The quantitative estimate of drug-likeness (QED) is 0.710. The van der Waals surface area contributed by atoms with Crippen LogP contribution in [0.1, 0.15) is 23.3 Å². The molecular weight excluding hydrogens is 384 g/mol. The van der Waals surface area contributed by atoms with Crippen LogP contribution in [0.2, 0.25) is 0 Å². The molecule has 1 aliphatic heterocycles. The number of aromatic nitrogens is 2. The van der Waals surface area contributed by atoms with Gasteiger partial charge in [0.2, 0.25) is 5.91 Å². The second kappa shape index (κ2) is 7.98. The first-order chi connectivity index (χ1) is 14.5. The van der Waals surface area contributed by atoms with E-state index >= 15 is 0 Å². The Labute approximate surface area is 172 Å². The zero-order valence-corrected chi connectivity index (χ0v) is 16.6. The van der Waals surface area contributed by atoms with E-state index in [9.17, 15) is 14.4 Å². The van der Waals surface area contributed by atoms with Crippen molar-refractivity contribution in [3.05, 3.63) is 64.6 Å². The number of methoxy groups -OCH3 is 1. The molecule has 2 amide bonds. The minimum atomic E-state index is -0.336. The summed E-state index contributed by atoms with van der Waals surface area (Å²) in [4.78, 5) is 39.5. The summed E-state index contributed by atoms with van der Waals surface area (Å²) in [6.45, 7) is 0.835. The minimum absolute atomic E-state index is 0.200. The first-order valence-electron chi connectivity index (χ1n) is 9.74. The van der Waals surface area contributed by atoms with Gasteiger partial charge in [0, 0.05) is 30.5 Å². The minimum Gasteiger partial charge on any atom is -0.497 e. The number of amides is 2. The van der Waals surface area contributed by atoms with E-state index in [0.29, 0.717) is 48.1 Å². The van der Waals surface area contributed by atoms with Gasteiger partial charge in [-0.3, -0.25) is 14.4 Å². The molecule has 1 aliphatic rings. The summed E-state index contributed by atoms with van der Waals surface area (Å²) in [7, 11) is 1.54. The summed E-state index contributed by atoms with van der Waals surface area (Å²) in [5, 5.41) is 5.35. The number of hydrogen-bond donors (Lipinski definition) is 1. The van der Waals surface area contributed by atoms with Crippen molar-refractivity contribution in [3.63, 3.8) is 0 Å². The second-order valence-corrected chi connectivity index (χ2v) is 7.28. The van der Waals surface area contributed by atoms with Crippen LogP contribution in [0.5, 0.6) is 5.75 Å². The van der Waals surface area contributed by atoms with Crippen molar-refractivity contribution in [2.24, 2.45) is 11.7 Å². The van der Waals surface area contributed by atoms with Gasteiger partial charge in [-0.1, -0.05) is 24.3 Å². The fourth-order valence-corrected chi connectivity index (χ4v) is 3.78. The molecule has 0 saturated carbocycles. The number of rotatable bonds is 4. The largest absolute Gasteiger partial charge is 0.497 e. The summed E-state index contributed by atoms with van der Waals surface area (Å²) < 4.78 is 6.48. The summed E-state index contributed by atoms with van der Waals surface area (Å²) in [5.74, 6) is -0.247. The molecule has 154 valence electrons. The molecule has 2 N–H and O–H groups in total. The molecule has 1 fully saturated rings. The molecule has 4 rings (SSSR count). The molecule has 2 aromatic carbocycles. The van der Waals surface area contributed by atoms with Crippen LogP contribution < -0.4 is 16.0 Å². The van der Waals surface area contributed by atoms with Gasteiger partial charge in [-0.15, -0.1) is 0 Å².